The zero-order valence-corrected chi connectivity index (χ0v) is 21.7. The maximum atomic E-state index is 13.1. The molecule has 0 aliphatic heterocycles. The third kappa shape index (κ3) is 8.33. The Morgan fingerprint density at radius 3 is 2.42 bits per heavy atom. The molecule has 0 spiro atoms. The van der Waals surface area contributed by atoms with Gasteiger partial charge < -0.3 is 10.2 Å². The Morgan fingerprint density at radius 1 is 1.13 bits per heavy atom. The first-order valence-corrected chi connectivity index (χ1v) is 12.8. The Balaban J connectivity index is 2.08. The van der Waals surface area contributed by atoms with Crippen molar-refractivity contribution in [3.63, 3.8) is 0 Å². The minimum Gasteiger partial charge on any atom is -0.352 e. The smallest absolute Gasteiger partial charge is 0.242 e. The van der Waals surface area contributed by atoms with Crippen LogP contribution in [0.25, 0.3) is 0 Å². The summed E-state index contributed by atoms with van der Waals surface area (Å²) in [6.07, 6.45) is 0.830. The number of hydrogen-bond acceptors (Lipinski definition) is 3. The SMILES string of the molecule is CC[C@H](C)NC(=O)[C@H](C)N(Cc1ccc(Br)cc1)C(=O)CSCc1ccc(Cl)cc1Cl. The highest BCUT2D eigenvalue weighted by molar-refractivity contribution is 9.10. The zero-order valence-electron chi connectivity index (χ0n) is 17.8. The average molecular weight is 546 g/mol. The average Bonchev–Trinajstić information content (AvgIpc) is 2.74. The van der Waals surface area contributed by atoms with Gasteiger partial charge in [-0.1, -0.05) is 64.3 Å². The number of rotatable bonds is 10. The van der Waals surface area contributed by atoms with E-state index in [-0.39, 0.29) is 23.6 Å². The van der Waals surface area contributed by atoms with Crippen LogP contribution in [0.3, 0.4) is 0 Å². The van der Waals surface area contributed by atoms with Crippen LogP contribution < -0.4 is 5.32 Å². The molecule has 8 heteroatoms. The van der Waals surface area contributed by atoms with E-state index < -0.39 is 6.04 Å². The predicted molar refractivity (Wildman–Crippen MR) is 135 cm³/mol. The lowest BCUT2D eigenvalue weighted by molar-refractivity contribution is -0.138. The van der Waals surface area contributed by atoms with E-state index in [0.29, 0.717) is 22.3 Å². The van der Waals surface area contributed by atoms with E-state index in [1.54, 1.807) is 24.0 Å². The largest absolute Gasteiger partial charge is 0.352 e. The highest BCUT2D eigenvalue weighted by Crippen LogP contribution is 2.25. The molecule has 31 heavy (non-hydrogen) atoms. The quantitative estimate of drug-likeness (QED) is 0.380. The van der Waals surface area contributed by atoms with Crippen LogP contribution in [0.2, 0.25) is 10.0 Å². The molecule has 0 radical (unpaired) electrons. The van der Waals surface area contributed by atoms with Crippen molar-refractivity contribution in [2.24, 2.45) is 0 Å². The number of nitrogens with one attached hydrogen (secondary N) is 1. The highest BCUT2D eigenvalue weighted by Gasteiger charge is 2.26. The van der Waals surface area contributed by atoms with Crippen LogP contribution in [0.5, 0.6) is 0 Å². The third-order valence-electron chi connectivity index (χ3n) is 4.93. The molecule has 0 saturated heterocycles. The Labute approximate surface area is 207 Å². The predicted octanol–water partition coefficient (Wildman–Crippen LogP) is 6.32. The number of carbonyl (C=O) groups excluding carboxylic acids is 2. The van der Waals surface area contributed by atoms with E-state index in [0.717, 1.165) is 22.0 Å². The zero-order chi connectivity index (χ0) is 23.0. The second-order valence-corrected chi connectivity index (χ2v) is 10.1. The van der Waals surface area contributed by atoms with Crippen LogP contribution >= 0.6 is 50.9 Å². The number of amides is 2. The van der Waals surface area contributed by atoms with E-state index in [9.17, 15) is 9.59 Å². The second kappa shape index (κ2) is 12.7. The van der Waals surface area contributed by atoms with E-state index >= 15 is 0 Å². The molecule has 0 aliphatic carbocycles. The first-order chi connectivity index (χ1) is 14.7. The molecule has 0 aromatic heterocycles. The molecule has 0 aliphatic rings. The summed E-state index contributed by atoms with van der Waals surface area (Å²) in [7, 11) is 0. The number of thioether (sulfide) groups is 1. The molecule has 0 unspecified atom stereocenters. The van der Waals surface area contributed by atoms with Crippen molar-refractivity contribution >= 4 is 62.7 Å². The normalized spacial score (nSPS) is 12.8. The van der Waals surface area contributed by atoms with Crippen LogP contribution in [-0.2, 0) is 21.9 Å². The van der Waals surface area contributed by atoms with E-state index in [4.69, 9.17) is 23.2 Å². The van der Waals surface area contributed by atoms with Crippen molar-refractivity contribution in [1.82, 2.24) is 10.2 Å². The molecule has 168 valence electrons. The number of halogens is 3. The first-order valence-electron chi connectivity index (χ1n) is 10.1. The van der Waals surface area contributed by atoms with Gasteiger partial charge in [0.1, 0.15) is 6.04 Å². The Morgan fingerprint density at radius 2 is 1.81 bits per heavy atom. The van der Waals surface area contributed by atoms with E-state index in [2.05, 4.69) is 21.2 Å². The second-order valence-electron chi connectivity index (χ2n) is 7.37. The summed E-state index contributed by atoms with van der Waals surface area (Å²) in [4.78, 5) is 27.5. The molecule has 0 saturated carbocycles. The monoisotopic (exact) mass is 544 g/mol. The summed E-state index contributed by atoms with van der Waals surface area (Å²) in [5.41, 5.74) is 1.89. The van der Waals surface area contributed by atoms with Gasteiger partial charge in [-0.25, -0.2) is 0 Å². The fourth-order valence-corrected chi connectivity index (χ4v) is 4.54. The summed E-state index contributed by atoms with van der Waals surface area (Å²) in [5.74, 6) is 0.591. The molecule has 4 nitrogen and oxygen atoms in total. The van der Waals surface area contributed by atoms with Crippen LogP contribution in [0.15, 0.2) is 46.9 Å². The van der Waals surface area contributed by atoms with Gasteiger partial charge in [0.25, 0.3) is 0 Å². The number of nitrogens with zero attached hydrogens (tertiary/aromatic N) is 1. The van der Waals surface area contributed by atoms with Gasteiger partial charge in [0, 0.05) is 32.9 Å². The summed E-state index contributed by atoms with van der Waals surface area (Å²) in [6, 6.07) is 12.6. The maximum absolute atomic E-state index is 13.1. The molecule has 0 bridgehead atoms. The summed E-state index contributed by atoms with van der Waals surface area (Å²) < 4.78 is 0.965. The molecule has 2 atom stereocenters. The molecule has 1 N–H and O–H groups in total. The Hall–Kier alpha value is -1.21. The number of benzene rings is 2. The standard InChI is InChI=1S/C23H27BrCl2N2O2S/c1-4-15(2)27-23(30)16(3)28(12-17-5-8-19(24)9-6-17)22(29)14-31-13-18-7-10-20(25)11-21(18)26/h5-11,15-16H,4,12-14H2,1-3H3,(H,27,30)/t15-,16-/m0/s1. The van der Waals surface area contributed by atoms with Gasteiger partial charge in [0.05, 0.1) is 5.75 Å². The van der Waals surface area contributed by atoms with Crippen LogP contribution in [0.1, 0.15) is 38.3 Å². The minimum atomic E-state index is -0.579. The lowest BCUT2D eigenvalue weighted by Crippen LogP contribution is -2.50. The highest BCUT2D eigenvalue weighted by atomic mass is 79.9. The van der Waals surface area contributed by atoms with Crippen LogP contribution in [0.4, 0.5) is 0 Å². The summed E-state index contributed by atoms with van der Waals surface area (Å²) in [5, 5.41) is 4.14. The van der Waals surface area contributed by atoms with Gasteiger partial charge in [-0.05, 0) is 55.7 Å². The van der Waals surface area contributed by atoms with Crippen molar-refractivity contribution in [3.8, 4) is 0 Å². The molecular formula is C23H27BrCl2N2O2S. The van der Waals surface area contributed by atoms with Gasteiger partial charge in [-0.3, -0.25) is 9.59 Å². The number of hydrogen-bond donors (Lipinski definition) is 1. The summed E-state index contributed by atoms with van der Waals surface area (Å²) >= 11 is 17.1. The number of carbonyl (C=O) groups is 2. The van der Waals surface area contributed by atoms with Crippen LogP contribution in [-0.4, -0.2) is 34.6 Å². The fourth-order valence-electron chi connectivity index (χ4n) is 2.80. The van der Waals surface area contributed by atoms with Gasteiger partial charge >= 0.3 is 0 Å². The van der Waals surface area contributed by atoms with Crippen LogP contribution in [0, 0.1) is 0 Å². The lowest BCUT2D eigenvalue weighted by Gasteiger charge is -2.29. The Bertz CT molecular complexity index is 896. The van der Waals surface area contributed by atoms with Gasteiger partial charge in [0.15, 0.2) is 0 Å². The molecule has 2 aromatic carbocycles. The third-order valence-corrected chi connectivity index (χ3v) is 7.01. The first kappa shape index (κ1) is 26.0. The van der Waals surface area contributed by atoms with Gasteiger partial charge in [-0.15, -0.1) is 11.8 Å². The lowest BCUT2D eigenvalue weighted by atomic mass is 10.1. The molecule has 2 amide bonds. The molecule has 0 fully saturated rings. The van der Waals surface area contributed by atoms with Crippen molar-refractivity contribution < 1.29 is 9.59 Å². The molecular weight excluding hydrogens is 519 g/mol. The van der Waals surface area contributed by atoms with Crippen molar-refractivity contribution in [2.75, 3.05) is 5.75 Å². The minimum absolute atomic E-state index is 0.0565. The van der Waals surface area contributed by atoms with Crippen molar-refractivity contribution in [3.05, 3.63) is 68.1 Å². The van der Waals surface area contributed by atoms with Gasteiger partial charge in [-0.2, -0.15) is 0 Å². The topological polar surface area (TPSA) is 49.4 Å². The molecule has 0 heterocycles. The van der Waals surface area contributed by atoms with Crippen molar-refractivity contribution in [1.29, 1.82) is 0 Å². The molecule has 2 aromatic rings. The molecule has 2 rings (SSSR count). The van der Waals surface area contributed by atoms with Gasteiger partial charge in [0.2, 0.25) is 11.8 Å². The van der Waals surface area contributed by atoms with Crippen molar-refractivity contribution in [2.45, 2.75) is 51.6 Å². The van der Waals surface area contributed by atoms with E-state index in [1.807, 2.05) is 44.2 Å². The van der Waals surface area contributed by atoms with E-state index in [1.165, 1.54) is 11.8 Å². The maximum Gasteiger partial charge on any atom is 0.242 e. The fraction of sp³-hybridized carbons (Fsp3) is 0.391. The summed E-state index contributed by atoms with van der Waals surface area (Å²) in [6.45, 7) is 6.11. The Kier molecular flexibility index (Phi) is 10.7.